The van der Waals surface area contributed by atoms with Crippen molar-refractivity contribution in [3.05, 3.63) is 33.0 Å². The fourth-order valence-electron chi connectivity index (χ4n) is 3.07. The van der Waals surface area contributed by atoms with Crippen LogP contribution >= 0.6 is 11.3 Å². The van der Waals surface area contributed by atoms with Crippen LogP contribution in [0.25, 0.3) is 0 Å². The van der Waals surface area contributed by atoms with Gasteiger partial charge in [0.15, 0.2) is 0 Å². The minimum atomic E-state index is 0.144. The summed E-state index contributed by atoms with van der Waals surface area (Å²) in [5.41, 5.74) is 3.72. The molecule has 3 rings (SSSR count). The standard InChI is InChI=1S/C15H22N4OS/c1-10-15(21-11(2)18-10)9-16-13-4-3-5-14-12(13)8-17-19(14)6-7-20/h8,13,16,20H,3-7,9H2,1-2H3. The first-order valence-electron chi connectivity index (χ1n) is 7.50. The summed E-state index contributed by atoms with van der Waals surface area (Å²) < 4.78 is 1.95. The van der Waals surface area contributed by atoms with Crippen LogP contribution in [0, 0.1) is 13.8 Å². The highest BCUT2D eigenvalue weighted by Crippen LogP contribution is 2.30. The Kier molecular flexibility index (Phi) is 4.37. The number of aliphatic hydroxyl groups is 1. The number of nitrogens with one attached hydrogen (secondary N) is 1. The molecule has 0 radical (unpaired) electrons. The van der Waals surface area contributed by atoms with E-state index in [-0.39, 0.29) is 6.61 Å². The van der Waals surface area contributed by atoms with Crippen LogP contribution in [0.15, 0.2) is 6.20 Å². The van der Waals surface area contributed by atoms with Crippen LogP contribution < -0.4 is 5.32 Å². The fourth-order valence-corrected chi connectivity index (χ4v) is 3.96. The molecule has 21 heavy (non-hydrogen) atoms. The smallest absolute Gasteiger partial charge is 0.0900 e. The van der Waals surface area contributed by atoms with Gasteiger partial charge >= 0.3 is 0 Å². The predicted octanol–water partition coefficient (Wildman–Crippen LogP) is 2.12. The molecule has 2 aromatic rings. The lowest BCUT2D eigenvalue weighted by molar-refractivity contribution is 0.266. The van der Waals surface area contributed by atoms with Gasteiger partial charge in [0, 0.05) is 28.7 Å². The Labute approximate surface area is 129 Å². The van der Waals surface area contributed by atoms with Crippen molar-refractivity contribution in [1.29, 1.82) is 0 Å². The lowest BCUT2D eigenvalue weighted by Gasteiger charge is -2.24. The molecular formula is C15H22N4OS. The van der Waals surface area contributed by atoms with Crippen molar-refractivity contribution < 1.29 is 5.11 Å². The SMILES string of the molecule is Cc1nc(C)c(CNC2CCCc3c2cnn3CCO)s1. The van der Waals surface area contributed by atoms with Gasteiger partial charge in [0.25, 0.3) is 0 Å². The maximum absolute atomic E-state index is 9.11. The van der Waals surface area contributed by atoms with E-state index in [1.807, 2.05) is 10.9 Å². The minimum Gasteiger partial charge on any atom is -0.394 e. The number of aliphatic hydroxyl groups excluding tert-OH is 1. The molecule has 0 aliphatic heterocycles. The summed E-state index contributed by atoms with van der Waals surface area (Å²) in [6.07, 6.45) is 5.34. The Morgan fingerprint density at radius 2 is 2.33 bits per heavy atom. The van der Waals surface area contributed by atoms with Gasteiger partial charge in [-0.05, 0) is 33.1 Å². The first kappa shape index (κ1) is 14.7. The third kappa shape index (κ3) is 3.02. The maximum atomic E-state index is 9.11. The van der Waals surface area contributed by atoms with Crippen LogP contribution in [-0.2, 0) is 19.5 Å². The van der Waals surface area contributed by atoms with Crippen molar-refractivity contribution in [3.8, 4) is 0 Å². The number of hydrogen-bond donors (Lipinski definition) is 2. The molecule has 0 fully saturated rings. The Balaban J connectivity index is 1.72. The Morgan fingerprint density at radius 1 is 1.48 bits per heavy atom. The van der Waals surface area contributed by atoms with Gasteiger partial charge in [0.05, 0.1) is 30.1 Å². The van der Waals surface area contributed by atoms with Crippen LogP contribution in [0.1, 0.15) is 45.7 Å². The third-order valence-corrected chi connectivity index (χ3v) is 5.16. The second kappa shape index (κ2) is 6.25. The van der Waals surface area contributed by atoms with Crippen LogP contribution in [-0.4, -0.2) is 26.5 Å². The van der Waals surface area contributed by atoms with E-state index in [0.29, 0.717) is 12.6 Å². The number of aromatic nitrogens is 3. The molecule has 0 saturated heterocycles. The molecule has 114 valence electrons. The van der Waals surface area contributed by atoms with Crippen LogP contribution in [0.3, 0.4) is 0 Å². The van der Waals surface area contributed by atoms with E-state index < -0.39 is 0 Å². The molecule has 6 heteroatoms. The number of fused-ring (bicyclic) bond motifs is 1. The van der Waals surface area contributed by atoms with Gasteiger partial charge in [-0.3, -0.25) is 4.68 Å². The summed E-state index contributed by atoms with van der Waals surface area (Å²) in [4.78, 5) is 5.80. The van der Waals surface area contributed by atoms with Crippen LogP contribution in [0.5, 0.6) is 0 Å². The van der Waals surface area contributed by atoms with Crippen molar-refractivity contribution in [1.82, 2.24) is 20.1 Å². The van der Waals surface area contributed by atoms with E-state index in [1.165, 1.54) is 22.6 Å². The zero-order valence-corrected chi connectivity index (χ0v) is 13.4. The summed E-state index contributed by atoms with van der Waals surface area (Å²) >= 11 is 1.77. The highest BCUT2D eigenvalue weighted by atomic mass is 32.1. The summed E-state index contributed by atoms with van der Waals surface area (Å²) in [6.45, 7) is 5.73. The zero-order valence-electron chi connectivity index (χ0n) is 12.6. The lowest BCUT2D eigenvalue weighted by Crippen LogP contribution is -2.25. The molecule has 2 aromatic heterocycles. The van der Waals surface area contributed by atoms with Gasteiger partial charge in [0.2, 0.25) is 0 Å². The van der Waals surface area contributed by atoms with E-state index in [0.717, 1.165) is 30.1 Å². The summed E-state index contributed by atoms with van der Waals surface area (Å²) in [5.74, 6) is 0. The normalized spacial score (nSPS) is 18.0. The quantitative estimate of drug-likeness (QED) is 0.888. The molecule has 0 bridgehead atoms. The topological polar surface area (TPSA) is 63.0 Å². The fraction of sp³-hybridized carbons (Fsp3) is 0.600. The summed E-state index contributed by atoms with van der Waals surface area (Å²) in [6, 6.07) is 0.364. The Morgan fingerprint density at radius 3 is 3.05 bits per heavy atom. The zero-order chi connectivity index (χ0) is 14.8. The maximum Gasteiger partial charge on any atom is 0.0900 e. The molecule has 1 atom stereocenters. The van der Waals surface area contributed by atoms with Gasteiger partial charge in [0.1, 0.15) is 0 Å². The molecule has 2 heterocycles. The molecule has 1 aliphatic rings. The van der Waals surface area contributed by atoms with Gasteiger partial charge in [-0.1, -0.05) is 0 Å². The molecule has 0 spiro atoms. The predicted molar refractivity (Wildman–Crippen MR) is 83.4 cm³/mol. The molecule has 0 saturated carbocycles. The van der Waals surface area contributed by atoms with Crippen molar-refractivity contribution in [2.45, 2.75) is 52.2 Å². The van der Waals surface area contributed by atoms with Crippen LogP contribution in [0.2, 0.25) is 0 Å². The second-order valence-corrected chi connectivity index (χ2v) is 6.85. The van der Waals surface area contributed by atoms with Crippen molar-refractivity contribution in [2.24, 2.45) is 0 Å². The minimum absolute atomic E-state index is 0.144. The molecular weight excluding hydrogens is 284 g/mol. The lowest BCUT2D eigenvalue weighted by atomic mass is 9.93. The Hall–Kier alpha value is -1.24. The van der Waals surface area contributed by atoms with E-state index in [9.17, 15) is 0 Å². The molecule has 1 aliphatic carbocycles. The van der Waals surface area contributed by atoms with Gasteiger partial charge in [-0.25, -0.2) is 4.98 Å². The third-order valence-electron chi connectivity index (χ3n) is 4.08. The van der Waals surface area contributed by atoms with E-state index in [4.69, 9.17) is 5.11 Å². The molecule has 2 N–H and O–H groups in total. The highest BCUT2D eigenvalue weighted by Gasteiger charge is 2.24. The van der Waals surface area contributed by atoms with Gasteiger partial charge in [-0.15, -0.1) is 11.3 Å². The average molecular weight is 306 g/mol. The molecule has 5 nitrogen and oxygen atoms in total. The summed E-state index contributed by atoms with van der Waals surface area (Å²) in [7, 11) is 0. The average Bonchev–Trinajstić information content (AvgIpc) is 3.01. The largest absolute Gasteiger partial charge is 0.394 e. The molecule has 0 aromatic carbocycles. The first-order chi connectivity index (χ1) is 10.2. The Bertz CT molecular complexity index is 619. The van der Waals surface area contributed by atoms with Crippen LogP contribution in [0.4, 0.5) is 0 Å². The number of aryl methyl sites for hydroxylation is 2. The number of hydrogen-bond acceptors (Lipinski definition) is 5. The van der Waals surface area contributed by atoms with E-state index >= 15 is 0 Å². The van der Waals surface area contributed by atoms with E-state index in [2.05, 4.69) is 29.2 Å². The highest BCUT2D eigenvalue weighted by molar-refractivity contribution is 7.11. The van der Waals surface area contributed by atoms with Gasteiger partial charge < -0.3 is 10.4 Å². The monoisotopic (exact) mass is 306 g/mol. The summed E-state index contributed by atoms with van der Waals surface area (Å²) in [5, 5.41) is 18.3. The van der Waals surface area contributed by atoms with E-state index in [1.54, 1.807) is 11.3 Å². The molecule has 1 unspecified atom stereocenters. The number of rotatable bonds is 5. The number of nitrogens with zero attached hydrogens (tertiary/aromatic N) is 3. The second-order valence-electron chi connectivity index (χ2n) is 5.56. The van der Waals surface area contributed by atoms with Crippen molar-refractivity contribution >= 4 is 11.3 Å². The molecule has 0 amide bonds. The van der Waals surface area contributed by atoms with Gasteiger partial charge in [-0.2, -0.15) is 5.10 Å². The van der Waals surface area contributed by atoms with Crippen molar-refractivity contribution in [3.63, 3.8) is 0 Å². The number of thiazole rings is 1. The van der Waals surface area contributed by atoms with Crippen molar-refractivity contribution in [2.75, 3.05) is 6.61 Å². The first-order valence-corrected chi connectivity index (χ1v) is 8.32.